The number of methoxy groups -OCH3 is 1. The normalized spacial score (nSPS) is 11.1. The predicted octanol–water partition coefficient (Wildman–Crippen LogP) is -0.879. The fraction of sp³-hybridized carbons (Fsp3) is 0.667. The van der Waals surface area contributed by atoms with Crippen molar-refractivity contribution in [2.45, 2.75) is 19.4 Å². The number of ether oxygens (including phenoxy) is 4. The van der Waals surface area contributed by atoms with Gasteiger partial charge < -0.3 is 31.3 Å². The molecule has 19 heavy (non-hydrogen) atoms. The second-order valence-electron chi connectivity index (χ2n) is 3.17. The van der Waals surface area contributed by atoms with Crippen molar-refractivity contribution >= 4 is 0 Å². The third-order valence-corrected chi connectivity index (χ3v) is 1.94. The Labute approximate surface area is 124 Å². The Morgan fingerprint density at radius 1 is 1.32 bits per heavy atom. The molecule has 104 valence electrons. The molecule has 0 aliphatic heterocycles. The van der Waals surface area contributed by atoms with Gasteiger partial charge in [-0.05, 0) is 6.42 Å². The Morgan fingerprint density at radius 2 is 2.00 bits per heavy atom. The molecular weight excluding hydrogens is 253 g/mol. The van der Waals surface area contributed by atoms with Gasteiger partial charge in [0.05, 0.1) is 19.8 Å². The first-order valence-corrected chi connectivity index (χ1v) is 5.43. The first-order valence-electron chi connectivity index (χ1n) is 5.43. The Kier molecular flexibility index (Phi) is 15.1. The quantitative estimate of drug-likeness (QED) is 0.129. The first-order chi connectivity index (χ1) is 8.67. The molecule has 0 rings (SSSR count). The van der Waals surface area contributed by atoms with E-state index in [1.54, 1.807) is 6.92 Å². The molecule has 4 nitrogen and oxygen atoms in total. The summed E-state index contributed by atoms with van der Waals surface area (Å²) in [6.45, 7) is 1.82. The van der Waals surface area contributed by atoms with Gasteiger partial charge in [0, 0.05) is 7.11 Å². The molecule has 0 heterocycles. The Balaban J connectivity index is 0. The van der Waals surface area contributed by atoms with Crippen molar-refractivity contribution in [1.82, 2.24) is 0 Å². The predicted molar refractivity (Wildman–Crippen MR) is 60.2 cm³/mol. The molecule has 0 aliphatic rings. The van der Waals surface area contributed by atoms with E-state index in [9.17, 15) is 8.78 Å². The van der Waals surface area contributed by atoms with E-state index in [1.165, 1.54) is 7.11 Å². The van der Waals surface area contributed by atoms with Crippen molar-refractivity contribution in [3.63, 3.8) is 0 Å². The van der Waals surface area contributed by atoms with Crippen molar-refractivity contribution in [2.24, 2.45) is 0 Å². The van der Waals surface area contributed by atoms with E-state index in [2.05, 4.69) is 0 Å². The Hall–Kier alpha value is -0.563. The van der Waals surface area contributed by atoms with Crippen molar-refractivity contribution < 1.29 is 46.6 Å². The zero-order valence-electron chi connectivity index (χ0n) is 11.5. The van der Waals surface area contributed by atoms with E-state index in [1.807, 2.05) is 5.92 Å². The number of rotatable bonds is 10. The van der Waals surface area contributed by atoms with Crippen molar-refractivity contribution in [3.8, 4) is 5.92 Å². The molecule has 0 aromatic heterocycles. The van der Waals surface area contributed by atoms with Gasteiger partial charge in [0.2, 0.25) is 0 Å². The molecule has 1 atom stereocenters. The fourth-order valence-electron chi connectivity index (χ4n) is 1.10. The van der Waals surface area contributed by atoms with Gasteiger partial charge in [-0.3, -0.25) is 0 Å². The van der Waals surface area contributed by atoms with Crippen LogP contribution >= 0.6 is 0 Å². The van der Waals surface area contributed by atoms with Crippen LogP contribution in [0, 0.1) is 12.3 Å². The third kappa shape index (κ3) is 9.95. The molecule has 0 aromatic rings. The van der Waals surface area contributed by atoms with Gasteiger partial charge in [0.15, 0.2) is 12.6 Å². The molecule has 0 fully saturated rings. The summed E-state index contributed by atoms with van der Waals surface area (Å²) < 4.78 is 44.8. The summed E-state index contributed by atoms with van der Waals surface area (Å²) in [5.41, 5.74) is 0. The van der Waals surface area contributed by atoms with Gasteiger partial charge in [0.25, 0.3) is 0 Å². The van der Waals surface area contributed by atoms with Gasteiger partial charge >= 0.3 is 24.9 Å². The monoisotopic (exact) mass is 270 g/mol. The van der Waals surface area contributed by atoms with Crippen molar-refractivity contribution in [3.05, 3.63) is 18.3 Å². The molecular formula is C12H17F2LiO4. The largest absolute Gasteiger partial charge is 1.00 e. The number of hydrogen-bond donors (Lipinski definition) is 0. The van der Waals surface area contributed by atoms with E-state index in [0.29, 0.717) is 13.0 Å². The average molecular weight is 270 g/mol. The molecule has 0 saturated carbocycles. The average Bonchev–Trinajstić information content (AvgIpc) is 2.36. The summed E-state index contributed by atoms with van der Waals surface area (Å²) in [5.74, 6) is 1.40. The van der Waals surface area contributed by atoms with Gasteiger partial charge in [-0.1, -0.05) is 6.92 Å². The van der Waals surface area contributed by atoms with Gasteiger partial charge in [-0.2, -0.15) is 8.78 Å². The number of hydrogen-bond acceptors (Lipinski definition) is 4. The molecule has 0 aromatic carbocycles. The van der Waals surface area contributed by atoms with Gasteiger partial charge in [-0.25, -0.2) is 0 Å². The van der Waals surface area contributed by atoms with E-state index in [4.69, 9.17) is 25.4 Å². The van der Waals surface area contributed by atoms with Crippen LogP contribution < -0.4 is 18.9 Å². The summed E-state index contributed by atoms with van der Waals surface area (Å²) in [7, 11) is 1.51. The van der Waals surface area contributed by atoms with Crippen LogP contribution in [0.15, 0.2) is 11.8 Å². The summed E-state index contributed by atoms with van der Waals surface area (Å²) in [4.78, 5) is 0. The molecule has 7 heteroatoms. The van der Waals surface area contributed by atoms with E-state index >= 15 is 0 Å². The van der Waals surface area contributed by atoms with Crippen LogP contribution in [0.1, 0.15) is 13.3 Å². The first kappa shape index (κ1) is 20.7. The van der Waals surface area contributed by atoms with Crippen molar-refractivity contribution in [1.29, 1.82) is 0 Å². The molecule has 0 bridgehead atoms. The van der Waals surface area contributed by atoms with E-state index in [-0.39, 0.29) is 38.9 Å². The molecule has 1 unspecified atom stereocenters. The molecule has 0 amide bonds. The zero-order valence-corrected chi connectivity index (χ0v) is 11.5. The maximum atomic E-state index is 12.7. The minimum absolute atomic E-state index is 0. The molecule has 0 spiro atoms. The van der Waals surface area contributed by atoms with Crippen LogP contribution in [-0.4, -0.2) is 39.8 Å². The zero-order chi connectivity index (χ0) is 13.8. The Morgan fingerprint density at radius 3 is 2.47 bits per heavy atom. The molecule has 0 aliphatic carbocycles. The topological polar surface area (TPSA) is 36.9 Å². The minimum Gasteiger partial charge on any atom is -0.691 e. The van der Waals surface area contributed by atoms with E-state index < -0.39 is 17.9 Å². The van der Waals surface area contributed by atoms with Gasteiger partial charge in [-0.15, -0.1) is 0 Å². The van der Waals surface area contributed by atoms with Gasteiger partial charge in [0.1, 0.15) is 6.10 Å². The van der Waals surface area contributed by atoms with E-state index in [0.717, 1.165) is 0 Å². The molecule has 0 N–H and O–H groups in total. The van der Waals surface area contributed by atoms with Crippen LogP contribution in [-0.2, 0) is 18.9 Å². The Bertz CT molecular complexity index is 288. The molecule has 0 radical (unpaired) electrons. The summed E-state index contributed by atoms with van der Waals surface area (Å²) >= 11 is 0. The number of halogens is 2. The minimum atomic E-state index is -1.96. The van der Waals surface area contributed by atoms with Crippen LogP contribution in [0.2, 0.25) is 0 Å². The van der Waals surface area contributed by atoms with Crippen molar-refractivity contribution in [2.75, 3.05) is 33.7 Å². The van der Waals surface area contributed by atoms with Crippen LogP contribution in [0.5, 0.6) is 0 Å². The molecule has 0 saturated heterocycles. The smallest absolute Gasteiger partial charge is 0.691 e. The standard InChI is InChI=1S/C12H17F2O4.Li/c1-4-6-17-10(5-2)11(12(13)14)18-9-16-8-7-15-3;/h10H,5-9H2,2-3H3;/q-1;+1. The second kappa shape index (κ2) is 13.9. The maximum Gasteiger partial charge on any atom is 1.00 e. The fourth-order valence-corrected chi connectivity index (χ4v) is 1.10. The summed E-state index contributed by atoms with van der Waals surface area (Å²) in [6.07, 6.45) is 4.11. The SMILES string of the molecule is [C-]#CCOC(CC)C(OCOCCOC)=C(F)F.[Li+]. The second-order valence-corrected chi connectivity index (χ2v) is 3.17. The summed E-state index contributed by atoms with van der Waals surface area (Å²) in [5, 5.41) is 0. The van der Waals surface area contributed by atoms with Crippen LogP contribution in [0.3, 0.4) is 0 Å². The van der Waals surface area contributed by atoms with Crippen LogP contribution in [0.4, 0.5) is 8.78 Å². The maximum absolute atomic E-state index is 12.7. The third-order valence-electron chi connectivity index (χ3n) is 1.94. The van der Waals surface area contributed by atoms with Crippen LogP contribution in [0.25, 0.3) is 0 Å². The summed E-state index contributed by atoms with van der Waals surface area (Å²) in [6, 6.07) is 0.